The molecule has 0 spiro atoms. The SMILES string of the molecule is c1ccc(-c2cc(-c3ccccc3)c3cc(N4c5ccccc5N(c5ccccc5)c5ccccc54)ccc3n2)cc1. The molecule has 0 atom stereocenters. The van der Waals surface area contributed by atoms with Crippen molar-refractivity contribution < 1.29 is 0 Å². The van der Waals surface area contributed by atoms with E-state index in [4.69, 9.17) is 4.98 Å². The molecule has 0 fully saturated rings. The Hall–Kier alpha value is -5.67. The second-order valence-corrected chi connectivity index (χ2v) is 10.5. The zero-order chi connectivity index (χ0) is 27.9. The fourth-order valence-corrected chi connectivity index (χ4v) is 6.04. The number of benzene rings is 6. The zero-order valence-corrected chi connectivity index (χ0v) is 22.9. The molecule has 0 N–H and O–H groups in total. The van der Waals surface area contributed by atoms with E-state index < -0.39 is 0 Å². The molecule has 0 saturated heterocycles. The summed E-state index contributed by atoms with van der Waals surface area (Å²) in [5.74, 6) is 0. The molecule has 3 heteroatoms. The standard InChI is InChI=1S/C39H27N3/c1-4-14-28(15-5-1)32-27-35(29-16-6-2-7-17-29)40-34-25-24-31(26-33(32)34)42-38-22-12-10-20-36(38)41(30-18-8-3-9-19-30)37-21-11-13-23-39(37)42/h1-27H. The van der Waals surface area contributed by atoms with E-state index in [9.17, 15) is 0 Å². The van der Waals surface area contributed by atoms with Crippen molar-refractivity contribution in [3.8, 4) is 22.4 Å². The topological polar surface area (TPSA) is 19.4 Å². The van der Waals surface area contributed by atoms with Crippen molar-refractivity contribution in [2.75, 3.05) is 9.80 Å². The summed E-state index contributed by atoms with van der Waals surface area (Å²) in [5, 5.41) is 1.12. The molecular formula is C39H27N3. The fraction of sp³-hybridized carbons (Fsp3) is 0. The van der Waals surface area contributed by atoms with Gasteiger partial charge in [0, 0.05) is 22.3 Å². The lowest BCUT2D eigenvalue weighted by Gasteiger charge is -2.40. The molecule has 1 aromatic heterocycles. The Kier molecular flexibility index (Phi) is 5.79. The van der Waals surface area contributed by atoms with E-state index in [1.165, 1.54) is 11.1 Å². The average molecular weight is 538 g/mol. The number of nitrogens with zero attached hydrogens (tertiary/aromatic N) is 3. The van der Waals surface area contributed by atoms with E-state index in [1.807, 2.05) is 6.07 Å². The van der Waals surface area contributed by atoms with Gasteiger partial charge in [0.2, 0.25) is 0 Å². The van der Waals surface area contributed by atoms with Gasteiger partial charge in [-0.2, -0.15) is 0 Å². The number of aromatic nitrogens is 1. The van der Waals surface area contributed by atoms with Crippen molar-refractivity contribution in [2.45, 2.75) is 0 Å². The predicted molar refractivity (Wildman–Crippen MR) is 176 cm³/mol. The van der Waals surface area contributed by atoms with Crippen LogP contribution in [0, 0.1) is 0 Å². The number of hydrogen-bond donors (Lipinski definition) is 0. The van der Waals surface area contributed by atoms with Gasteiger partial charge < -0.3 is 9.80 Å². The third-order valence-electron chi connectivity index (χ3n) is 7.95. The summed E-state index contributed by atoms with van der Waals surface area (Å²) in [7, 11) is 0. The molecule has 42 heavy (non-hydrogen) atoms. The predicted octanol–water partition coefficient (Wildman–Crippen LogP) is 10.8. The molecule has 0 amide bonds. The molecular weight excluding hydrogens is 510 g/mol. The van der Waals surface area contributed by atoms with Crippen molar-refractivity contribution in [3.05, 3.63) is 164 Å². The first-order chi connectivity index (χ1) is 20.8. The van der Waals surface area contributed by atoms with Gasteiger partial charge in [0.1, 0.15) is 0 Å². The minimum Gasteiger partial charge on any atom is -0.306 e. The molecule has 0 bridgehead atoms. The number of anilines is 6. The second kappa shape index (κ2) is 10.1. The van der Waals surface area contributed by atoms with Crippen LogP contribution in [0.15, 0.2) is 164 Å². The van der Waals surface area contributed by atoms with Crippen LogP contribution in [0.2, 0.25) is 0 Å². The molecule has 2 heterocycles. The first kappa shape index (κ1) is 24.2. The molecule has 0 saturated carbocycles. The largest absolute Gasteiger partial charge is 0.306 e. The monoisotopic (exact) mass is 537 g/mol. The molecule has 198 valence electrons. The minimum atomic E-state index is 0.974. The highest BCUT2D eigenvalue weighted by atomic mass is 15.3. The molecule has 0 unspecified atom stereocenters. The summed E-state index contributed by atoms with van der Waals surface area (Å²) < 4.78 is 0. The Morgan fingerprint density at radius 3 is 1.43 bits per heavy atom. The lowest BCUT2D eigenvalue weighted by Crippen LogP contribution is -2.23. The van der Waals surface area contributed by atoms with E-state index in [-0.39, 0.29) is 0 Å². The summed E-state index contributed by atoms with van der Waals surface area (Å²) in [6, 6.07) is 57.8. The van der Waals surface area contributed by atoms with Crippen LogP contribution in [0.1, 0.15) is 0 Å². The van der Waals surface area contributed by atoms with Crippen molar-refractivity contribution in [1.82, 2.24) is 4.98 Å². The third kappa shape index (κ3) is 4.03. The highest BCUT2D eigenvalue weighted by Crippen LogP contribution is 2.54. The lowest BCUT2D eigenvalue weighted by atomic mass is 9.97. The van der Waals surface area contributed by atoms with Crippen LogP contribution < -0.4 is 9.80 Å². The zero-order valence-electron chi connectivity index (χ0n) is 22.9. The first-order valence-corrected chi connectivity index (χ1v) is 14.2. The second-order valence-electron chi connectivity index (χ2n) is 10.5. The Labute approximate surface area is 245 Å². The Bertz CT molecular complexity index is 1990. The molecule has 1 aliphatic heterocycles. The van der Waals surface area contributed by atoms with Gasteiger partial charge in [-0.25, -0.2) is 4.98 Å². The number of para-hydroxylation sites is 5. The fourth-order valence-electron chi connectivity index (χ4n) is 6.04. The summed E-state index contributed by atoms with van der Waals surface area (Å²) >= 11 is 0. The van der Waals surface area contributed by atoms with E-state index in [1.54, 1.807) is 0 Å². The number of fused-ring (bicyclic) bond motifs is 3. The normalized spacial score (nSPS) is 12.2. The highest BCUT2D eigenvalue weighted by molar-refractivity contribution is 6.04. The van der Waals surface area contributed by atoms with Gasteiger partial charge in [-0.1, -0.05) is 103 Å². The smallest absolute Gasteiger partial charge is 0.0717 e. The van der Waals surface area contributed by atoms with Crippen LogP contribution in [0.4, 0.5) is 34.1 Å². The summed E-state index contributed by atoms with van der Waals surface area (Å²) in [5.41, 5.74) is 12.2. The number of rotatable bonds is 4. The van der Waals surface area contributed by atoms with Crippen molar-refractivity contribution in [1.29, 1.82) is 0 Å². The maximum absolute atomic E-state index is 5.13. The maximum atomic E-state index is 5.13. The Morgan fingerprint density at radius 1 is 0.381 bits per heavy atom. The van der Waals surface area contributed by atoms with Gasteiger partial charge in [-0.3, -0.25) is 0 Å². The Morgan fingerprint density at radius 2 is 0.857 bits per heavy atom. The van der Waals surface area contributed by atoms with Gasteiger partial charge in [0.05, 0.1) is 34.0 Å². The summed E-state index contributed by atoms with van der Waals surface area (Å²) in [6.07, 6.45) is 0. The summed E-state index contributed by atoms with van der Waals surface area (Å²) in [6.45, 7) is 0. The van der Waals surface area contributed by atoms with Crippen LogP contribution in [-0.4, -0.2) is 4.98 Å². The van der Waals surface area contributed by atoms with E-state index in [0.717, 1.165) is 56.3 Å². The molecule has 8 rings (SSSR count). The average Bonchev–Trinajstić information content (AvgIpc) is 3.07. The molecule has 7 aromatic rings. The van der Waals surface area contributed by atoms with Crippen LogP contribution in [0.3, 0.4) is 0 Å². The van der Waals surface area contributed by atoms with Gasteiger partial charge in [-0.05, 0) is 71.8 Å². The molecule has 0 aliphatic carbocycles. The van der Waals surface area contributed by atoms with Gasteiger partial charge in [0.25, 0.3) is 0 Å². The Balaban J connectivity index is 1.36. The first-order valence-electron chi connectivity index (χ1n) is 14.2. The van der Waals surface area contributed by atoms with Crippen LogP contribution in [-0.2, 0) is 0 Å². The maximum Gasteiger partial charge on any atom is 0.0717 e. The minimum absolute atomic E-state index is 0.974. The number of pyridine rings is 1. The lowest BCUT2D eigenvalue weighted by molar-refractivity contribution is 1.17. The molecule has 0 radical (unpaired) electrons. The van der Waals surface area contributed by atoms with Crippen molar-refractivity contribution >= 4 is 45.0 Å². The quantitative estimate of drug-likeness (QED) is 0.223. The molecule has 1 aliphatic rings. The highest BCUT2D eigenvalue weighted by Gasteiger charge is 2.30. The van der Waals surface area contributed by atoms with Crippen LogP contribution >= 0.6 is 0 Å². The number of hydrogen-bond acceptors (Lipinski definition) is 3. The van der Waals surface area contributed by atoms with Gasteiger partial charge >= 0.3 is 0 Å². The van der Waals surface area contributed by atoms with Gasteiger partial charge in [0.15, 0.2) is 0 Å². The van der Waals surface area contributed by atoms with E-state index in [2.05, 4.69) is 168 Å². The van der Waals surface area contributed by atoms with E-state index in [0.29, 0.717) is 0 Å². The van der Waals surface area contributed by atoms with Crippen LogP contribution in [0.5, 0.6) is 0 Å². The van der Waals surface area contributed by atoms with Crippen molar-refractivity contribution in [3.63, 3.8) is 0 Å². The van der Waals surface area contributed by atoms with E-state index >= 15 is 0 Å². The molecule has 3 nitrogen and oxygen atoms in total. The van der Waals surface area contributed by atoms with Gasteiger partial charge in [-0.15, -0.1) is 0 Å². The summed E-state index contributed by atoms with van der Waals surface area (Å²) in [4.78, 5) is 9.86. The molecule has 6 aromatic carbocycles. The van der Waals surface area contributed by atoms with Crippen molar-refractivity contribution in [2.24, 2.45) is 0 Å². The van der Waals surface area contributed by atoms with Crippen LogP contribution in [0.25, 0.3) is 33.3 Å². The third-order valence-corrected chi connectivity index (χ3v) is 7.95.